The molecule has 0 bridgehead atoms. The van der Waals surface area contributed by atoms with Crippen molar-refractivity contribution in [2.24, 2.45) is 5.92 Å². The van der Waals surface area contributed by atoms with Crippen LogP contribution < -0.4 is 0 Å². The standard InChI is InChI=1S/C11H14O3S2/c12-11(4-3-10-2-1-6-15-10)9-5-7-16(13,14)8-9/h1-2,6,9H,3-5,7-8H2. The quantitative estimate of drug-likeness (QED) is 0.825. The molecule has 3 nitrogen and oxygen atoms in total. The highest BCUT2D eigenvalue weighted by atomic mass is 32.2. The Morgan fingerprint density at radius 3 is 2.88 bits per heavy atom. The van der Waals surface area contributed by atoms with Gasteiger partial charge >= 0.3 is 0 Å². The number of ketones is 1. The SMILES string of the molecule is O=C(CCc1cccs1)C1CCS(=O)(=O)C1. The second kappa shape index (κ2) is 4.67. The lowest BCUT2D eigenvalue weighted by atomic mass is 10.00. The minimum atomic E-state index is -2.93. The second-order valence-electron chi connectivity index (χ2n) is 4.15. The van der Waals surface area contributed by atoms with Gasteiger partial charge in [0.1, 0.15) is 5.78 Å². The molecule has 1 aliphatic heterocycles. The molecule has 0 radical (unpaired) electrons. The van der Waals surface area contributed by atoms with Crippen LogP contribution in [0, 0.1) is 5.92 Å². The van der Waals surface area contributed by atoms with Gasteiger partial charge in [0.05, 0.1) is 11.5 Å². The van der Waals surface area contributed by atoms with Gasteiger partial charge in [-0.05, 0) is 24.3 Å². The molecule has 1 atom stereocenters. The van der Waals surface area contributed by atoms with Crippen LogP contribution in [-0.4, -0.2) is 25.7 Å². The van der Waals surface area contributed by atoms with Crippen LogP contribution in [0.1, 0.15) is 17.7 Å². The molecule has 1 aromatic heterocycles. The normalized spacial score (nSPS) is 23.4. The summed E-state index contributed by atoms with van der Waals surface area (Å²) in [4.78, 5) is 13.0. The van der Waals surface area contributed by atoms with Crippen LogP contribution in [0.2, 0.25) is 0 Å². The zero-order valence-corrected chi connectivity index (χ0v) is 10.5. The molecule has 0 aliphatic carbocycles. The Labute approximate surface area is 99.4 Å². The number of sulfone groups is 1. The van der Waals surface area contributed by atoms with Crippen molar-refractivity contribution in [2.45, 2.75) is 19.3 Å². The first-order valence-electron chi connectivity index (χ1n) is 5.32. The molecule has 1 aliphatic rings. The van der Waals surface area contributed by atoms with Gasteiger partial charge in [0.25, 0.3) is 0 Å². The Hall–Kier alpha value is -0.680. The monoisotopic (exact) mass is 258 g/mol. The summed E-state index contributed by atoms with van der Waals surface area (Å²) in [6, 6.07) is 3.97. The largest absolute Gasteiger partial charge is 0.299 e. The average molecular weight is 258 g/mol. The van der Waals surface area contributed by atoms with E-state index in [2.05, 4.69) is 0 Å². The molecule has 0 N–H and O–H groups in total. The molecule has 0 amide bonds. The summed E-state index contributed by atoms with van der Waals surface area (Å²) < 4.78 is 22.5. The number of carbonyl (C=O) groups is 1. The van der Waals surface area contributed by atoms with E-state index in [1.807, 2.05) is 17.5 Å². The topological polar surface area (TPSA) is 51.2 Å². The Morgan fingerprint density at radius 1 is 1.50 bits per heavy atom. The second-order valence-corrected chi connectivity index (χ2v) is 7.41. The summed E-state index contributed by atoms with van der Waals surface area (Å²) in [7, 11) is -2.93. The first-order chi connectivity index (χ1) is 7.57. The van der Waals surface area contributed by atoms with E-state index in [9.17, 15) is 13.2 Å². The van der Waals surface area contributed by atoms with Crippen molar-refractivity contribution in [3.05, 3.63) is 22.4 Å². The molecule has 5 heteroatoms. The van der Waals surface area contributed by atoms with Crippen LogP contribution >= 0.6 is 11.3 Å². The number of hydrogen-bond acceptors (Lipinski definition) is 4. The number of carbonyl (C=O) groups excluding carboxylic acids is 1. The number of thiophene rings is 1. The summed E-state index contributed by atoms with van der Waals surface area (Å²) >= 11 is 1.64. The van der Waals surface area contributed by atoms with Crippen molar-refractivity contribution in [1.82, 2.24) is 0 Å². The van der Waals surface area contributed by atoms with Crippen LogP contribution in [0.25, 0.3) is 0 Å². The molecule has 1 aromatic rings. The van der Waals surface area contributed by atoms with Gasteiger partial charge in [0.2, 0.25) is 0 Å². The molecular weight excluding hydrogens is 244 g/mol. The zero-order chi connectivity index (χ0) is 11.6. The van der Waals surface area contributed by atoms with Gasteiger partial charge in [-0.2, -0.15) is 0 Å². The summed E-state index contributed by atoms with van der Waals surface area (Å²) in [5.74, 6) is 0.109. The molecule has 2 heterocycles. The highest BCUT2D eigenvalue weighted by molar-refractivity contribution is 7.91. The van der Waals surface area contributed by atoms with Crippen molar-refractivity contribution >= 4 is 27.0 Å². The third-order valence-corrected chi connectivity index (χ3v) is 5.59. The van der Waals surface area contributed by atoms with E-state index in [4.69, 9.17) is 0 Å². The van der Waals surface area contributed by atoms with Crippen LogP contribution in [0.4, 0.5) is 0 Å². The highest BCUT2D eigenvalue weighted by Gasteiger charge is 2.32. The van der Waals surface area contributed by atoms with Crippen LogP contribution in [-0.2, 0) is 21.1 Å². The van der Waals surface area contributed by atoms with Gasteiger partial charge in [-0.3, -0.25) is 4.79 Å². The highest BCUT2D eigenvalue weighted by Crippen LogP contribution is 2.21. The van der Waals surface area contributed by atoms with E-state index in [-0.39, 0.29) is 23.2 Å². The van der Waals surface area contributed by atoms with Crippen molar-refractivity contribution in [3.63, 3.8) is 0 Å². The van der Waals surface area contributed by atoms with Gasteiger partial charge < -0.3 is 0 Å². The first kappa shape index (κ1) is 11.8. The first-order valence-corrected chi connectivity index (χ1v) is 8.02. The Morgan fingerprint density at radius 2 is 2.31 bits per heavy atom. The fourth-order valence-electron chi connectivity index (χ4n) is 1.95. The summed E-state index contributed by atoms with van der Waals surface area (Å²) in [5, 5.41) is 1.99. The number of rotatable bonds is 4. The maximum Gasteiger partial charge on any atom is 0.151 e. The molecule has 1 fully saturated rings. The lowest BCUT2D eigenvalue weighted by molar-refractivity contribution is -0.122. The fraction of sp³-hybridized carbons (Fsp3) is 0.545. The lowest BCUT2D eigenvalue weighted by Crippen LogP contribution is -2.16. The predicted octanol–water partition coefficient (Wildman–Crippen LogP) is 1.68. The molecule has 16 heavy (non-hydrogen) atoms. The van der Waals surface area contributed by atoms with Gasteiger partial charge in [-0.25, -0.2) is 8.42 Å². The van der Waals surface area contributed by atoms with Crippen molar-refractivity contribution in [3.8, 4) is 0 Å². The van der Waals surface area contributed by atoms with Crippen molar-refractivity contribution in [1.29, 1.82) is 0 Å². The van der Waals surface area contributed by atoms with Crippen LogP contribution in [0.15, 0.2) is 17.5 Å². The number of aryl methyl sites for hydroxylation is 1. The van der Waals surface area contributed by atoms with Gasteiger partial charge in [-0.15, -0.1) is 11.3 Å². The molecule has 2 rings (SSSR count). The van der Waals surface area contributed by atoms with E-state index in [1.165, 1.54) is 4.88 Å². The van der Waals surface area contributed by atoms with Crippen LogP contribution in [0.3, 0.4) is 0 Å². The fourth-order valence-corrected chi connectivity index (χ4v) is 4.44. The Bertz CT molecular complexity index is 459. The van der Waals surface area contributed by atoms with Gasteiger partial charge in [0, 0.05) is 17.2 Å². The van der Waals surface area contributed by atoms with Crippen molar-refractivity contribution in [2.75, 3.05) is 11.5 Å². The van der Waals surface area contributed by atoms with E-state index >= 15 is 0 Å². The summed E-state index contributed by atoms with van der Waals surface area (Å²) in [5.41, 5.74) is 0. The third-order valence-electron chi connectivity index (χ3n) is 2.89. The molecule has 0 aromatic carbocycles. The van der Waals surface area contributed by atoms with Gasteiger partial charge in [-0.1, -0.05) is 6.07 Å². The van der Waals surface area contributed by atoms with Crippen LogP contribution in [0.5, 0.6) is 0 Å². The predicted molar refractivity (Wildman–Crippen MR) is 64.4 cm³/mol. The molecule has 0 saturated carbocycles. The van der Waals surface area contributed by atoms with E-state index in [0.29, 0.717) is 12.8 Å². The number of hydrogen-bond donors (Lipinski definition) is 0. The molecule has 88 valence electrons. The van der Waals surface area contributed by atoms with Gasteiger partial charge in [0.15, 0.2) is 9.84 Å². The third kappa shape index (κ3) is 2.92. The molecular formula is C11H14O3S2. The Kier molecular flexibility index (Phi) is 3.44. The smallest absolute Gasteiger partial charge is 0.151 e. The molecule has 1 unspecified atom stereocenters. The maximum absolute atomic E-state index is 11.8. The minimum Gasteiger partial charge on any atom is -0.299 e. The summed E-state index contributed by atoms with van der Waals surface area (Å²) in [6.45, 7) is 0. The van der Waals surface area contributed by atoms with E-state index in [0.717, 1.165) is 6.42 Å². The Balaban J connectivity index is 1.85. The van der Waals surface area contributed by atoms with E-state index in [1.54, 1.807) is 11.3 Å². The lowest BCUT2D eigenvalue weighted by Gasteiger charge is -2.05. The maximum atomic E-state index is 11.8. The minimum absolute atomic E-state index is 0.0657. The number of Topliss-reactive ketones (excluding diaryl/α,β-unsaturated/α-hetero) is 1. The molecule has 1 saturated heterocycles. The van der Waals surface area contributed by atoms with Crippen molar-refractivity contribution < 1.29 is 13.2 Å². The van der Waals surface area contributed by atoms with E-state index < -0.39 is 9.84 Å². The average Bonchev–Trinajstić information content (AvgIpc) is 2.83. The molecule has 0 spiro atoms. The summed E-state index contributed by atoms with van der Waals surface area (Å²) in [6.07, 6.45) is 1.74. The zero-order valence-electron chi connectivity index (χ0n) is 8.89.